The quantitative estimate of drug-likeness (QED) is 0.848. The first-order valence-electron chi connectivity index (χ1n) is 6.57. The van der Waals surface area contributed by atoms with Gasteiger partial charge in [-0.3, -0.25) is 9.69 Å². The van der Waals surface area contributed by atoms with E-state index in [9.17, 15) is 18.0 Å². The molecule has 1 atom stereocenters. The highest BCUT2D eigenvalue weighted by Gasteiger charge is 2.33. The third kappa shape index (κ3) is 3.75. The van der Waals surface area contributed by atoms with E-state index in [1.165, 1.54) is 4.90 Å². The molecular formula is C13H18F3N3O. The zero-order valence-electron chi connectivity index (χ0n) is 11.3. The van der Waals surface area contributed by atoms with Gasteiger partial charge in [0.15, 0.2) is 0 Å². The summed E-state index contributed by atoms with van der Waals surface area (Å²) in [4.78, 5) is 15.2. The third-order valence-electron chi connectivity index (χ3n) is 3.52. The maximum absolute atomic E-state index is 12.3. The fourth-order valence-corrected chi connectivity index (χ4v) is 2.38. The molecule has 1 unspecified atom stereocenters. The second kappa shape index (κ2) is 5.87. The highest BCUT2D eigenvalue weighted by atomic mass is 19.4. The number of amides is 1. The van der Waals surface area contributed by atoms with Crippen LogP contribution in [0.5, 0.6) is 0 Å². The molecule has 112 valence electrons. The number of carbonyl (C=O) groups is 1. The van der Waals surface area contributed by atoms with E-state index in [1.54, 1.807) is 16.4 Å². The van der Waals surface area contributed by atoms with Crippen molar-refractivity contribution in [3.63, 3.8) is 0 Å². The summed E-state index contributed by atoms with van der Waals surface area (Å²) in [6.07, 6.45) is -0.560. The van der Waals surface area contributed by atoms with Crippen molar-refractivity contribution in [2.75, 3.05) is 32.7 Å². The van der Waals surface area contributed by atoms with Crippen LogP contribution in [0.15, 0.2) is 24.5 Å². The number of halogens is 3. The van der Waals surface area contributed by atoms with E-state index >= 15 is 0 Å². The van der Waals surface area contributed by atoms with Crippen molar-refractivity contribution >= 4 is 5.91 Å². The third-order valence-corrected chi connectivity index (χ3v) is 3.52. The van der Waals surface area contributed by atoms with Gasteiger partial charge in [-0.1, -0.05) is 0 Å². The van der Waals surface area contributed by atoms with Gasteiger partial charge in [0, 0.05) is 38.6 Å². The Hall–Kier alpha value is -1.50. The molecule has 0 bridgehead atoms. The van der Waals surface area contributed by atoms with Gasteiger partial charge in [0.05, 0.1) is 6.54 Å². The Morgan fingerprint density at radius 1 is 1.15 bits per heavy atom. The lowest BCUT2D eigenvalue weighted by Crippen LogP contribution is -2.52. The van der Waals surface area contributed by atoms with E-state index in [4.69, 9.17) is 0 Å². The monoisotopic (exact) mass is 289 g/mol. The van der Waals surface area contributed by atoms with Gasteiger partial charge in [-0.05, 0) is 19.1 Å². The first kappa shape index (κ1) is 14.9. The van der Waals surface area contributed by atoms with Gasteiger partial charge in [0.1, 0.15) is 6.04 Å². The van der Waals surface area contributed by atoms with E-state index < -0.39 is 12.7 Å². The standard InChI is InChI=1S/C13H18F3N3O/c1-11(18-4-2-3-5-18)12(20)19-8-6-17(7-9-19)10-13(14,15)16/h2-5,11H,6-10H2,1H3. The number of alkyl halides is 3. The minimum atomic E-state index is -4.18. The highest BCUT2D eigenvalue weighted by molar-refractivity contribution is 5.80. The average Bonchev–Trinajstić information content (AvgIpc) is 2.90. The zero-order chi connectivity index (χ0) is 14.8. The normalized spacial score (nSPS) is 19.1. The number of aromatic nitrogens is 1. The molecule has 0 radical (unpaired) electrons. The molecule has 20 heavy (non-hydrogen) atoms. The lowest BCUT2D eigenvalue weighted by atomic mass is 10.2. The zero-order valence-corrected chi connectivity index (χ0v) is 11.3. The van der Waals surface area contributed by atoms with Gasteiger partial charge in [-0.25, -0.2) is 0 Å². The fraction of sp³-hybridized carbons (Fsp3) is 0.615. The molecule has 0 N–H and O–H groups in total. The van der Waals surface area contributed by atoms with Crippen molar-refractivity contribution in [3.05, 3.63) is 24.5 Å². The predicted octanol–water partition coefficient (Wildman–Crippen LogP) is 1.76. The summed E-state index contributed by atoms with van der Waals surface area (Å²) in [5.41, 5.74) is 0. The lowest BCUT2D eigenvalue weighted by Gasteiger charge is -2.36. The van der Waals surface area contributed by atoms with Crippen molar-refractivity contribution in [3.8, 4) is 0 Å². The van der Waals surface area contributed by atoms with Crippen molar-refractivity contribution in [2.45, 2.75) is 19.1 Å². The molecule has 1 aliphatic heterocycles. The number of carbonyl (C=O) groups excluding carboxylic acids is 1. The smallest absolute Gasteiger partial charge is 0.342 e. The molecule has 0 spiro atoms. The first-order valence-corrected chi connectivity index (χ1v) is 6.57. The molecule has 0 saturated carbocycles. The second-order valence-electron chi connectivity index (χ2n) is 5.02. The van der Waals surface area contributed by atoms with E-state index in [1.807, 2.05) is 24.5 Å². The summed E-state index contributed by atoms with van der Waals surface area (Å²) in [5, 5.41) is 0. The summed E-state index contributed by atoms with van der Waals surface area (Å²) in [5.74, 6) is -0.0483. The predicted molar refractivity (Wildman–Crippen MR) is 68.2 cm³/mol. The van der Waals surface area contributed by atoms with Crippen LogP contribution in [0.2, 0.25) is 0 Å². The summed E-state index contributed by atoms with van der Waals surface area (Å²) in [6.45, 7) is 2.13. The Morgan fingerprint density at radius 3 is 2.20 bits per heavy atom. The van der Waals surface area contributed by atoms with E-state index in [0.717, 1.165) is 0 Å². The summed E-state index contributed by atoms with van der Waals surface area (Å²) < 4.78 is 38.6. The Morgan fingerprint density at radius 2 is 1.70 bits per heavy atom. The Kier molecular flexibility index (Phi) is 4.37. The lowest BCUT2D eigenvalue weighted by molar-refractivity contribution is -0.152. The van der Waals surface area contributed by atoms with Crippen LogP contribution in [-0.4, -0.2) is 59.2 Å². The Bertz CT molecular complexity index is 436. The van der Waals surface area contributed by atoms with Gasteiger partial charge < -0.3 is 9.47 Å². The topological polar surface area (TPSA) is 28.5 Å². The summed E-state index contributed by atoms with van der Waals surface area (Å²) >= 11 is 0. The van der Waals surface area contributed by atoms with E-state index in [2.05, 4.69) is 0 Å². The van der Waals surface area contributed by atoms with Gasteiger partial charge in [-0.2, -0.15) is 13.2 Å². The molecule has 1 saturated heterocycles. The van der Waals surface area contributed by atoms with E-state index in [-0.39, 0.29) is 25.0 Å². The molecule has 1 aromatic rings. The molecule has 1 aliphatic rings. The van der Waals surface area contributed by atoms with Crippen molar-refractivity contribution in [1.82, 2.24) is 14.4 Å². The second-order valence-corrected chi connectivity index (χ2v) is 5.02. The minimum Gasteiger partial charge on any atom is -0.342 e. The molecule has 7 heteroatoms. The van der Waals surface area contributed by atoms with E-state index in [0.29, 0.717) is 13.1 Å². The van der Waals surface area contributed by atoms with Crippen LogP contribution in [0.1, 0.15) is 13.0 Å². The number of nitrogens with zero attached hydrogens (tertiary/aromatic N) is 3. The van der Waals surface area contributed by atoms with Crippen LogP contribution in [0.3, 0.4) is 0 Å². The van der Waals surface area contributed by atoms with Crippen LogP contribution in [0, 0.1) is 0 Å². The highest BCUT2D eigenvalue weighted by Crippen LogP contribution is 2.18. The Labute approximate surface area is 115 Å². The van der Waals surface area contributed by atoms with Crippen LogP contribution in [-0.2, 0) is 4.79 Å². The van der Waals surface area contributed by atoms with Gasteiger partial charge in [0.25, 0.3) is 0 Å². The van der Waals surface area contributed by atoms with Gasteiger partial charge >= 0.3 is 6.18 Å². The van der Waals surface area contributed by atoms with Crippen molar-refractivity contribution < 1.29 is 18.0 Å². The minimum absolute atomic E-state index is 0.0483. The Balaban J connectivity index is 1.86. The van der Waals surface area contributed by atoms with Crippen LogP contribution >= 0.6 is 0 Å². The molecule has 1 amide bonds. The van der Waals surface area contributed by atoms with Crippen LogP contribution in [0.4, 0.5) is 13.2 Å². The molecule has 2 heterocycles. The van der Waals surface area contributed by atoms with Crippen LogP contribution < -0.4 is 0 Å². The number of hydrogen-bond acceptors (Lipinski definition) is 2. The fourth-order valence-electron chi connectivity index (χ4n) is 2.38. The largest absolute Gasteiger partial charge is 0.401 e. The maximum Gasteiger partial charge on any atom is 0.401 e. The number of rotatable bonds is 3. The summed E-state index contributed by atoms with van der Waals surface area (Å²) in [7, 11) is 0. The molecule has 1 fully saturated rings. The first-order chi connectivity index (χ1) is 9.37. The number of piperazine rings is 1. The van der Waals surface area contributed by atoms with Crippen LogP contribution in [0.25, 0.3) is 0 Å². The van der Waals surface area contributed by atoms with Crippen molar-refractivity contribution in [2.24, 2.45) is 0 Å². The maximum atomic E-state index is 12.3. The van der Waals surface area contributed by atoms with Crippen molar-refractivity contribution in [1.29, 1.82) is 0 Å². The molecule has 0 aliphatic carbocycles. The molecule has 0 aromatic carbocycles. The molecule has 2 rings (SSSR count). The SMILES string of the molecule is CC(C(=O)N1CCN(CC(F)(F)F)CC1)n1cccc1. The molecule has 1 aromatic heterocycles. The number of hydrogen-bond donors (Lipinski definition) is 0. The summed E-state index contributed by atoms with van der Waals surface area (Å²) in [6, 6.07) is 3.36. The van der Waals surface area contributed by atoms with Gasteiger partial charge in [-0.15, -0.1) is 0 Å². The molecular weight excluding hydrogens is 271 g/mol. The molecule has 4 nitrogen and oxygen atoms in total. The van der Waals surface area contributed by atoms with Gasteiger partial charge in [0.2, 0.25) is 5.91 Å². The average molecular weight is 289 g/mol.